The highest BCUT2D eigenvalue weighted by Gasteiger charge is 2.36. The zero-order valence-corrected chi connectivity index (χ0v) is 17.7. The van der Waals surface area contributed by atoms with Crippen molar-refractivity contribution in [2.75, 3.05) is 6.54 Å². The minimum Gasteiger partial charge on any atom is -0.353 e. The van der Waals surface area contributed by atoms with Crippen LogP contribution in [0.5, 0.6) is 0 Å². The highest BCUT2D eigenvalue weighted by atomic mass is 16.7. The van der Waals surface area contributed by atoms with Crippen LogP contribution in [0.1, 0.15) is 52.4 Å². The van der Waals surface area contributed by atoms with Gasteiger partial charge in [0.15, 0.2) is 0 Å². The summed E-state index contributed by atoms with van der Waals surface area (Å²) < 4.78 is 0. The van der Waals surface area contributed by atoms with Crippen molar-refractivity contribution in [2.45, 2.75) is 58.4 Å². The number of imide groups is 2. The van der Waals surface area contributed by atoms with Crippen LogP contribution in [0.15, 0.2) is 12.2 Å². The Morgan fingerprint density at radius 2 is 1.55 bits per heavy atom. The van der Waals surface area contributed by atoms with Crippen LogP contribution >= 0.6 is 0 Å². The number of rotatable bonds is 7. The third kappa shape index (κ3) is 5.18. The molecule has 2 heterocycles. The van der Waals surface area contributed by atoms with Gasteiger partial charge in [-0.25, -0.2) is 4.79 Å². The van der Waals surface area contributed by atoms with E-state index in [2.05, 4.69) is 5.32 Å². The lowest BCUT2D eigenvalue weighted by Crippen LogP contribution is -2.46. The van der Waals surface area contributed by atoms with Gasteiger partial charge in [0, 0.05) is 43.5 Å². The van der Waals surface area contributed by atoms with Crippen LogP contribution in [0, 0.1) is 17.8 Å². The number of hydrogen-bond acceptors (Lipinski definition) is 7. The molecule has 10 nitrogen and oxygen atoms in total. The van der Waals surface area contributed by atoms with Gasteiger partial charge in [-0.2, -0.15) is 0 Å². The Morgan fingerprint density at radius 3 is 2.10 bits per heavy atom. The van der Waals surface area contributed by atoms with Crippen LogP contribution in [-0.4, -0.2) is 58.1 Å². The van der Waals surface area contributed by atoms with E-state index in [1.807, 2.05) is 0 Å². The Bertz CT molecular complexity index is 795. The van der Waals surface area contributed by atoms with Crippen LogP contribution in [0.2, 0.25) is 0 Å². The Morgan fingerprint density at radius 1 is 1.00 bits per heavy atom. The maximum absolute atomic E-state index is 12.6. The summed E-state index contributed by atoms with van der Waals surface area (Å²) >= 11 is 0. The number of hydrogen-bond donors (Lipinski definition) is 1. The summed E-state index contributed by atoms with van der Waals surface area (Å²) in [5.74, 6) is -3.41. The lowest BCUT2D eigenvalue weighted by molar-refractivity contribution is -0.200. The van der Waals surface area contributed by atoms with E-state index in [4.69, 9.17) is 4.84 Å². The van der Waals surface area contributed by atoms with Crippen molar-refractivity contribution in [1.82, 2.24) is 15.3 Å². The summed E-state index contributed by atoms with van der Waals surface area (Å²) in [6, 6.07) is -0.545. The van der Waals surface area contributed by atoms with E-state index < -0.39 is 29.7 Å². The van der Waals surface area contributed by atoms with Crippen molar-refractivity contribution in [3.63, 3.8) is 0 Å². The van der Waals surface area contributed by atoms with E-state index in [1.165, 1.54) is 17.1 Å². The molecule has 2 aliphatic heterocycles. The molecule has 2 atom stereocenters. The molecule has 0 radical (unpaired) electrons. The molecule has 168 valence electrons. The van der Waals surface area contributed by atoms with Gasteiger partial charge >= 0.3 is 5.97 Å². The third-order valence-electron chi connectivity index (χ3n) is 6.24. The van der Waals surface area contributed by atoms with Crippen LogP contribution in [-0.2, 0) is 33.6 Å². The van der Waals surface area contributed by atoms with Crippen LogP contribution in [0.25, 0.3) is 0 Å². The summed E-state index contributed by atoms with van der Waals surface area (Å²) in [6.45, 7) is 3.60. The van der Waals surface area contributed by atoms with Gasteiger partial charge in [0.05, 0.1) is 5.92 Å². The first kappa shape index (κ1) is 22.6. The molecular weight excluding hydrogens is 406 g/mol. The molecule has 2 fully saturated rings. The largest absolute Gasteiger partial charge is 0.353 e. The lowest BCUT2D eigenvalue weighted by Gasteiger charge is -2.31. The Labute approximate surface area is 179 Å². The first-order valence-corrected chi connectivity index (χ1v) is 10.6. The van der Waals surface area contributed by atoms with Gasteiger partial charge in [-0.3, -0.25) is 28.9 Å². The fourth-order valence-corrected chi connectivity index (χ4v) is 3.98. The van der Waals surface area contributed by atoms with Crippen molar-refractivity contribution in [2.24, 2.45) is 17.8 Å². The monoisotopic (exact) mass is 433 g/mol. The second-order valence-electron chi connectivity index (χ2n) is 8.42. The molecular formula is C21H27N3O7. The van der Waals surface area contributed by atoms with Gasteiger partial charge in [-0.1, -0.05) is 0 Å². The van der Waals surface area contributed by atoms with E-state index in [-0.39, 0.29) is 42.4 Å². The summed E-state index contributed by atoms with van der Waals surface area (Å²) in [5, 5.41) is 3.32. The quantitative estimate of drug-likeness (QED) is 0.578. The second-order valence-corrected chi connectivity index (χ2v) is 8.42. The normalized spacial score (nSPS) is 25.7. The molecule has 0 aromatic carbocycles. The SMILES string of the molecule is CC(NC(=O)C1CCC(CN2C(=O)C=CC2=O)CC1)C(C)C(=O)ON1C(=O)CCC1=O. The molecule has 0 spiro atoms. The van der Waals surface area contributed by atoms with Crippen molar-refractivity contribution >= 4 is 35.5 Å². The van der Waals surface area contributed by atoms with Crippen molar-refractivity contribution in [3.05, 3.63) is 12.2 Å². The molecule has 1 aliphatic carbocycles. The smallest absolute Gasteiger partial charge is 0.338 e. The van der Waals surface area contributed by atoms with Crippen molar-refractivity contribution in [3.8, 4) is 0 Å². The van der Waals surface area contributed by atoms with E-state index in [1.54, 1.807) is 13.8 Å². The summed E-state index contributed by atoms with van der Waals surface area (Å²) in [4.78, 5) is 77.6. The average Bonchev–Trinajstić information content (AvgIpc) is 3.23. The van der Waals surface area contributed by atoms with E-state index in [0.717, 1.165) is 12.8 Å². The highest BCUT2D eigenvalue weighted by molar-refractivity contribution is 6.12. The average molecular weight is 433 g/mol. The third-order valence-corrected chi connectivity index (χ3v) is 6.24. The van der Waals surface area contributed by atoms with Crippen molar-refractivity contribution in [1.29, 1.82) is 0 Å². The van der Waals surface area contributed by atoms with E-state index >= 15 is 0 Å². The summed E-state index contributed by atoms with van der Waals surface area (Å²) in [5.41, 5.74) is 0. The van der Waals surface area contributed by atoms with Crippen LogP contribution < -0.4 is 5.32 Å². The first-order valence-electron chi connectivity index (χ1n) is 10.6. The van der Waals surface area contributed by atoms with Gasteiger partial charge < -0.3 is 10.2 Å². The predicted molar refractivity (Wildman–Crippen MR) is 105 cm³/mol. The fourth-order valence-electron chi connectivity index (χ4n) is 3.98. The number of carbonyl (C=O) groups is 6. The molecule has 10 heteroatoms. The molecule has 31 heavy (non-hydrogen) atoms. The number of carbonyl (C=O) groups excluding carboxylic acids is 6. The highest BCUT2D eigenvalue weighted by Crippen LogP contribution is 2.30. The molecule has 1 N–H and O–H groups in total. The summed E-state index contributed by atoms with van der Waals surface area (Å²) in [7, 11) is 0. The number of hydroxylamine groups is 2. The Balaban J connectivity index is 1.43. The lowest BCUT2D eigenvalue weighted by atomic mass is 9.81. The van der Waals surface area contributed by atoms with Crippen molar-refractivity contribution < 1.29 is 33.6 Å². The Kier molecular flexibility index (Phi) is 6.87. The standard InChI is InChI=1S/C21H27N3O7/c1-12(21(30)31-24-18(27)9-10-19(24)28)13(2)22-20(29)15-5-3-14(4-6-15)11-23-16(25)7-8-17(23)26/h7-8,12-15H,3-6,9-11H2,1-2H3,(H,22,29). The van der Waals surface area contributed by atoms with E-state index in [0.29, 0.717) is 24.4 Å². The zero-order valence-electron chi connectivity index (χ0n) is 17.7. The fraction of sp³-hybridized carbons (Fsp3) is 0.619. The maximum atomic E-state index is 12.6. The van der Waals surface area contributed by atoms with Gasteiger partial charge in [-0.15, -0.1) is 5.06 Å². The maximum Gasteiger partial charge on any atom is 0.338 e. The molecule has 0 aromatic rings. The predicted octanol–water partition coefficient (Wildman–Crippen LogP) is 0.466. The van der Waals surface area contributed by atoms with Gasteiger partial charge in [0.2, 0.25) is 5.91 Å². The number of nitrogens with zero attached hydrogens (tertiary/aromatic N) is 2. The molecule has 2 unspecified atom stereocenters. The molecule has 3 rings (SSSR count). The minimum atomic E-state index is -0.756. The van der Waals surface area contributed by atoms with E-state index in [9.17, 15) is 28.8 Å². The second kappa shape index (κ2) is 9.40. The molecule has 0 bridgehead atoms. The zero-order chi connectivity index (χ0) is 22.7. The van der Waals surface area contributed by atoms with Crippen LogP contribution in [0.4, 0.5) is 0 Å². The molecule has 5 amide bonds. The van der Waals surface area contributed by atoms with Gasteiger partial charge in [0.1, 0.15) is 0 Å². The summed E-state index contributed by atoms with van der Waals surface area (Å²) in [6.07, 6.45) is 5.28. The van der Waals surface area contributed by atoms with Gasteiger partial charge in [0.25, 0.3) is 23.6 Å². The molecule has 3 aliphatic rings. The Hall–Kier alpha value is -3.04. The minimum absolute atomic E-state index is 0.0199. The van der Waals surface area contributed by atoms with Crippen LogP contribution in [0.3, 0.4) is 0 Å². The molecule has 0 aromatic heterocycles. The van der Waals surface area contributed by atoms with Gasteiger partial charge in [-0.05, 0) is 45.4 Å². The molecule has 1 saturated heterocycles. The number of nitrogens with one attached hydrogen (secondary N) is 1. The topological polar surface area (TPSA) is 130 Å². The molecule has 1 saturated carbocycles. The number of amides is 5. The first-order chi connectivity index (χ1) is 14.7.